The molecule has 1 fully saturated rings. The van der Waals surface area contributed by atoms with E-state index in [0.717, 1.165) is 58.9 Å². The molecule has 2 heterocycles. The number of halogens is 1. The van der Waals surface area contributed by atoms with Gasteiger partial charge in [-0.1, -0.05) is 29.8 Å². The summed E-state index contributed by atoms with van der Waals surface area (Å²) in [6.45, 7) is 9.19. The average molecular weight is 439 g/mol. The van der Waals surface area contributed by atoms with Crippen molar-refractivity contribution < 1.29 is 5.11 Å². The van der Waals surface area contributed by atoms with Crippen LogP contribution in [-0.2, 0) is 6.54 Å². The number of phenolic OH excluding ortho intramolecular Hbond substituents is 1. The Morgan fingerprint density at radius 1 is 1.10 bits per heavy atom. The Hall–Kier alpha value is -2.50. The lowest BCUT2D eigenvalue weighted by atomic mass is 9.99. The summed E-state index contributed by atoms with van der Waals surface area (Å²) in [6, 6.07) is 15.9. The molecule has 1 aliphatic rings. The van der Waals surface area contributed by atoms with E-state index in [1.165, 1.54) is 0 Å². The van der Waals surface area contributed by atoms with Crippen molar-refractivity contribution in [3.8, 4) is 5.75 Å². The second kappa shape index (κ2) is 8.93. The molecule has 1 saturated heterocycles. The van der Waals surface area contributed by atoms with E-state index in [-0.39, 0.29) is 11.3 Å². The van der Waals surface area contributed by atoms with Crippen molar-refractivity contribution in [3.05, 3.63) is 59.1 Å². The number of aromatic nitrogens is 1. The van der Waals surface area contributed by atoms with Crippen molar-refractivity contribution in [3.63, 3.8) is 0 Å². The molecule has 0 atom stereocenters. The van der Waals surface area contributed by atoms with E-state index in [1.807, 2.05) is 36.4 Å². The number of phenols is 1. The molecule has 31 heavy (non-hydrogen) atoms. The molecular weight excluding hydrogens is 408 g/mol. The summed E-state index contributed by atoms with van der Waals surface area (Å²) in [5, 5.41) is 19.3. The van der Waals surface area contributed by atoms with E-state index >= 15 is 0 Å². The minimum Gasteiger partial charge on any atom is -0.507 e. The van der Waals surface area contributed by atoms with Crippen LogP contribution >= 0.6 is 11.6 Å². The van der Waals surface area contributed by atoms with Crippen molar-refractivity contribution in [2.75, 3.05) is 23.3 Å². The fourth-order valence-corrected chi connectivity index (χ4v) is 4.39. The fourth-order valence-electron chi connectivity index (χ4n) is 4.26. The van der Waals surface area contributed by atoms with E-state index < -0.39 is 0 Å². The molecule has 2 aromatic carbocycles. The predicted octanol–water partition coefficient (Wildman–Crippen LogP) is 5.56. The first kappa shape index (κ1) is 21.7. The number of hydrogen-bond acceptors (Lipinski definition) is 5. The largest absolute Gasteiger partial charge is 0.507 e. The zero-order valence-corrected chi connectivity index (χ0v) is 19.2. The van der Waals surface area contributed by atoms with Crippen molar-refractivity contribution in [1.82, 2.24) is 10.3 Å². The van der Waals surface area contributed by atoms with Crippen LogP contribution < -0.4 is 15.5 Å². The number of pyridine rings is 1. The van der Waals surface area contributed by atoms with Crippen LogP contribution in [0.15, 0.2) is 48.5 Å². The highest BCUT2D eigenvalue weighted by Crippen LogP contribution is 2.36. The maximum absolute atomic E-state index is 10.6. The Balaban J connectivity index is 1.57. The van der Waals surface area contributed by atoms with Crippen molar-refractivity contribution in [2.45, 2.75) is 51.7 Å². The predicted molar refractivity (Wildman–Crippen MR) is 130 cm³/mol. The minimum absolute atomic E-state index is 0.118. The number of fused-ring (bicyclic) bond motifs is 1. The van der Waals surface area contributed by atoms with E-state index in [4.69, 9.17) is 16.6 Å². The second-order valence-electron chi connectivity index (χ2n) is 9.33. The van der Waals surface area contributed by atoms with Crippen LogP contribution in [0, 0.1) is 0 Å². The van der Waals surface area contributed by atoms with Crippen molar-refractivity contribution >= 4 is 34.0 Å². The Bertz CT molecular complexity index is 1040. The van der Waals surface area contributed by atoms with Gasteiger partial charge >= 0.3 is 0 Å². The zero-order chi connectivity index (χ0) is 22.0. The summed E-state index contributed by atoms with van der Waals surface area (Å²) in [4.78, 5) is 7.12. The number of benzene rings is 2. The molecule has 1 aromatic heterocycles. The Labute approximate surface area is 189 Å². The van der Waals surface area contributed by atoms with Crippen LogP contribution in [0.5, 0.6) is 5.75 Å². The molecule has 164 valence electrons. The third kappa shape index (κ3) is 5.41. The van der Waals surface area contributed by atoms with E-state index in [0.29, 0.717) is 12.6 Å². The molecule has 0 saturated carbocycles. The molecule has 5 nitrogen and oxygen atoms in total. The molecule has 3 N–H and O–H groups in total. The lowest BCUT2D eigenvalue weighted by Crippen LogP contribution is -2.49. The zero-order valence-electron chi connectivity index (χ0n) is 18.5. The summed E-state index contributed by atoms with van der Waals surface area (Å²) in [5.41, 5.74) is 3.09. The summed E-state index contributed by atoms with van der Waals surface area (Å²) in [7, 11) is 0. The van der Waals surface area contributed by atoms with Gasteiger partial charge in [0.15, 0.2) is 0 Å². The van der Waals surface area contributed by atoms with Gasteiger partial charge in [-0.2, -0.15) is 0 Å². The van der Waals surface area contributed by atoms with Crippen LogP contribution in [-0.4, -0.2) is 34.8 Å². The SMILES string of the molecule is CC(C)(C)NC1CCN(c2cc(NCc3ccc(Cl)cc3)nc3cccc(O)c23)CC1. The molecule has 0 bridgehead atoms. The minimum atomic E-state index is 0.118. The molecule has 0 amide bonds. The monoisotopic (exact) mass is 438 g/mol. The van der Waals surface area contributed by atoms with Crippen molar-refractivity contribution in [2.24, 2.45) is 0 Å². The Morgan fingerprint density at radius 2 is 1.81 bits per heavy atom. The molecule has 0 radical (unpaired) electrons. The molecule has 3 aromatic rings. The first-order valence-electron chi connectivity index (χ1n) is 10.9. The van der Waals surface area contributed by atoms with Gasteiger partial charge in [0.1, 0.15) is 11.6 Å². The number of nitrogens with zero attached hydrogens (tertiary/aromatic N) is 2. The molecule has 0 unspecified atom stereocenters. The summed E-state index contributed by atoms with van der Waals surface area (Å²) in [6.07, 6.45) is 2.14. The van der Waals surface area contributed by atoms with Gasteiger partial charge in [0.2, 0.25) is 0 Å². The first-order chi connectivity index (χ1) is 14.8. The standard InChI is InChI=1S/C25H31ClN4O/c1-25(2,3)29-19-11-13-30(14-12-19)21-15-23(27-16-17-7-9-18(26)10-8-17)28-20-5-4-6-22(31)24(20)21/h4-10,15,19,29,31H,11-14,16H2,1-3H3,(H,27,28). The van der Waals surface area contributed by atoms with Crippen molar-refractivity contribution in [1.29, 1.82) is 0 Å². The quantitative estimate of drug-likeness (QED) is 0.486. The summed E-state index contributed by atoms with van der Waals surface area (Å²) < 4.78 is 0. The maximum Gasteiger partial charge on any atom is 0.129 e. The van der Waals surface area contributed by atoms with Gasteiger partial charge in [0.05, 0.1) is 16.6 Å². The first-order valence-corrected chi connectivity index (χ1v) is 11.3. The van der Waals surface area contributed by atoms with Gasteiger partial charge in [-0.3, -0.25) is 0 Å². The number of anilines is 2. The van der Waals surface area contributed by atoms with Gasteiger partial charge in [0, 0.05) is 42.3 Å². The average Bonchev–Trinajstić information content (AvgIpc) is 2.72. The fraction of sp³-hybridized carbons (Fsp3) is 0.400. The molecule has 4 rings (SSSR count). The molecule has 0 spiro atoms. The lowest BCUT2D eigenvalue weighted by Gasteiger charge is -2.37. The van der Waals surface area contributed by atoms with Gasteiger partial charge in [-0.05, 0) is 63.4 Å². The highest BCUT2D eigenvalue weighted by atomic mass is 35.5. The third-order valence-corrected chi connectivity index (χ3v) is 5.90. The number of hydrogen-bond donors (Lipinski definition) is 3. The van der Waals surface area contributed by atoms with Gasteiger partial charge in [0.25, 0.3) is 0 Å². The maximum atomic E-state index is 10.6. The van der Waals surface area contributed by atoms with Gasteiger partial charge in [-0.25, -0.2) is 4.98 Å². The summed E-state index contributed by atoms with van der Waals surface area (Å²) >= 11 is 5.99. The number of rotatable bonds is 5. The van der Waals surface area contributed by atoms with Crippen LogP contribution in [0.25, 0.3) is 10.9 Å². The topological polar surface area (TPSA) is 60.4 Å². The Kier molecular flexibility index (Phi) is 6.26. The highest BCUT2D eigenvalue weighted by Gasteiger charge is 2.25. The van der Waals surface area contributed by atoms with Gasteiger partial charge < -0.3 is 20.6 Å². The molecule has 6 heteroatoms. The number of aromatic hydroxyl groups is 1. The lowest BCUT2D eigenvalue weighted by molar-refractivity contribution is 0.317. The van der Waals surface area contributed by atoms with Crippen LogP contribution in [0.2, 0.25) is 5.02 Å². The van der Waals surface area contributed by atoms with E-state index in [9.17, 15) is 5.11 Å². The second-order valence-corrected chi connectivity index (χ2v) is 9.77. The Morgan fingerprint density at radius 3 is 2.48 bits per heavy atom. The van der Waals surface area contributed by atoms with Crippen LogP contribution in [0.3, 0.4) is 0 Å². The molecule has 1 aliphatic heterocycles. The smallest absolute Gasteiger partial charge is 0.129 e. The normalized spacial score (nSPS) is 15.4. The van der Waals surface area contributed by atoms with Gasteiger partial charge in [-0.15, -0.1) is 0 Å². The highest BCUT2D eigenvalue weighted by molar-refractivity contribution is 6.30. The number of piperidine rings is 1. The molecular formula is C25H31ClN4O. The van der Waals surface area contributed by atoms with E-state index in [2.05, 4.69) is 42.4 Å². The number of nitrogens with one attached hydrogen (secondary N) is 2. The van der Waals surface area contributed by atoms with E-state index in [1.54, 1.807) is 6.07 Å². The summed E-state index contributed by atoms with van der Waals surface area (Å²) in [5.74, 6) is 1.08. The third-order valence-electron chi connectivity index (χ3n) is 5.65. The molecule has 0 aliphatic carbocycles. The van der Waals surface area contributed by atoms with Crippen LogP contribution in [0.1, 0.15) is 39.2 Å². The van der Waals surface area contributed by atoms with Crippen LogP contribution in [0.4, 0.5) is 11.5 Å².